The standard InChI is InChI=1S/C10H7BrF2I2S/c1-2-3-10(12,13)16-6-4-7(14)9(11)8(15)5-6/h2-5H,1H3/b3-2+. The molecule has 0 heterocycles. The third-order valence-corrected chi connectivity index (χ3v) is 6.49. The molecule has 0 amide bonds. The second kappa shape index (κ2) is 6.33. The molecule has 0 aliphatic rings. The van der Waals surface area contributed by atoms with E-state index in [1.54, 1.807) is 19.1 Å². The van der Waals surface area contributed by atoms with Gasteiger partial charge < -0.3 is 0 Å². The van der Waals surface area contributed by atoms with E-state index in [0.717, 1.165) is 17.7 Å². The van der Waals surface area contributed by atoms with Crippen LogP contribution in [0.4, 0.5) is 8.78 Å². The van der Waals surface area contributed by atoms with Gasteiger partial charge in [0.05, 0.1) is 0 Å². The molecule has 88 valence electrons. The first-order valence-corrected chi connectivity index (χ1v) is 7.97. The van der Waals surface area contributed by atoms with Crippen molar-refractivity contribution in [3.8, 4) is 0 Å². The molecule has 6 heteroatoms. The van der Waals surface area contributed by atoms with Gasteiger partial charge in [0.15, 0.2) is 0 Å². The monoisotopic (exact) mass is 530 g/mol. The van der Waals surface area contributed by atoms with Gasteiger partial charge in [-0.25, -0.2) is 0 Å². The van der Waals surface area contributed by atoms with Crippen LogP contribution in [0.1, 0.15) is 6.92 Å². The Bertz CT molecular complexity index is 398. The molecule has 0 fully saturated rings. The molecular formula is C10H7BrF2I2S. The number of benzene rings is 1. The minimum absolute atomic E-state index is 0.557. The van der Waals surface area contributed by atoms with Crippen molar-refractivity contribution in [2.45, 2.75) is 17.1 Å². The van der Waals surface area contributed by atoms with Gasteiger partial charge in [0.2, 0.25) is 0 Å². The lowest BCUT2D eigenvalue weighted by molar-refractivity contribution is 0.162. The first-order valence-electron chi connectivity index (χ1n) is 4.21. The van der Waals surface area contributed by atoms with Crippen LogP contribution in [0, 0.1) is 7.14 Å². The quantitative estimate of drug-likeness (QED) is 0.202. The Labute approximate surface area is 133 Å². The van der Waals surface area contributed by atoms with E-state index in [-0.39, 0.29) is 0 Å². The molecule has 1 rings (SSSR count). The van der Waals surface area contributed by atoms with Crippen LogP contribution in [-0.2, 0) is 0 Å². The smallest absolute Gasteiger partial charge is 0.189 e. The highest BCUT2D eigenvalue weighted by atomic mass is 127. The number of allylic oxidation sites excluding steroid dienone is 1. The van der Waals surface area contributed by atoms with Gasteiger partial charge in [0.1, 0.15) is 0 Å². The van der Waals surface area contributed by atoms with Gasteiger partial charge in [-0.2, -0.15) is 8.78 Å². The second-order valence-electron chi connectivity index (χ2n) is 2.86. The molecule has 0 aliphatic heterocycles. The first kappa shape index (κ1) is 15.2. The van der Waals surface area contributed by atoms with Gasteiger partial charge in [0, 0.05) is 16.5 Å². The highest BCUT2D eigenvalue weighted by Crippen LogP contribution is 2.39. The molecule has 0 atom stereocenters. The normalized spacial score (nSPS) is 12.4. The summed E-state index contributed by atoms with van der Waals surface area (Å²) in [4.78, 5) is 0.570. The van der Waals surface area contributed by atoms with E-state index in [2.05, 4.69) is 61.1 Å². The number of hydrogen-bond donors (Lipinski definition) is 0. The topological polar surface area (TPSA) is 0 Å². The largest absolute Gasteiger partial charge is 0.316 e. The molecule has 0 aromatic heterocycles. The van der Waals surface area contributed by atoms with Crippen molar-refractivity contribution in [1.82, 2.24) is 0 Å². The van der Waals surface area contributed by atoms with E-state index >= 15 is 0 Å². The van der Waals surface area contributed by atoms with Crippen molar-refractivity contribution in [1.29, 1.82) is 0 Å². The maximum absolute atomic E-state index is 13.3. The Balaban J connectivity index is 2.99. The molecule has 1 aromatic carbocycles. The van der Waals surface area contributed by atoms with E-state index < -0.39 is 5.25 Å². The highest BCUT2D eigenvalue weighted by molar-refractivity contribution is 14.1. The average Bonchev–Trinajstić information content (AvgIpc) is 2.13. The lowest BCUT2D eigenvalue weighted by Crippen LogP contribution is -2.05. The summed E-state index contributed by atoms with van der Waals surface area (Å²) < 4.78 is 29.5. The SMILES string of the molecule is C/C=C/C(F)(F)Sc1cc(I)c(Br)c(I)c1. The Morgan fingerprint density at radius 1 is 1.31 bits per heavy atom. The van der Waals surface area contributed by atoms with E-state index in [0.29, 0.717) is 16.7 Å². The highest BCUT2D eigenvalue weighted by Gasteiger charge is 2.26. The third kappa shape index (κ3) is 4.41. The number of halogens is 5. The Morgan fingerprint density at radius 3 is 2.25 bits per heavy atom. The fraction of sp³-hybridized carbons (Fsp3) is 0.200. The fourth-order valence-corrected chi connectivity index (χ4v) is 4.27. The van der Waals surface area contributed by atoms with Gasteiger partial charge in [-0.1, -0.05) is 6.08 Å². The van der Waals surface area contributed by atoms with Gasteiger partial charge in [-0.05, 0) is 98.0 Å². The lowest BCUT2D eigenvalue weighted by Gasteiger charge is -2.12. The maximum atomic E-state index is 13.3. The number of rotatable bonds is 3. The Hall–Kier alpha value is 1.11. The molecule has 16 heavy (non-hydrogen) atoms. The van der Waals surface area contributed by atoms with Crippen molar-refractivity contribution < 1.29 is 8.78 Å². The van der Waals surface area contributed by atoms with Crippen molar-refractivity contribution in [2.24, 2.45) is 0 Å². The minimum Gasteiger partial charge on any atom is -0.189 e. The zero-order valence-corrected chi connectivity index (χ0v) is 14.8. The Kier molecular flexibility index (Phi) is 6.00. The van der Waals surface area contributed by atoms with Crippen LogP contribution >= 0.6 is 72.9 Å². The molecule has 0 spiro atoms. The zero-order chi connectivity index (χ0) is 12.3. The van der Waals surface area contributed by atoms with Gasteiger partial charge in [-0.3, -0.25) is 0 Å². The van der Waals surface area contributed by atoms with Gasteiger partial charge in [-0.15, -0.1) is 0 Å². The summed E-state index contributed by atoms with van der Waals surface area (Å²) in [5.74, 6) is 0. The summed E-state index contributed by atoms with van der Waals surface area (Å²) in [6.45, 7) is 1.59. The molecule has 0 N–H and O–H groups in total. The molecule has 0 saturated carbocycles. The third-order valence-electron chi connectivity index (χ3n) is 1.57. The Morgan fingerprint density at radius 2 is 1.81 bits per heavy atom. The number of thioether (sulfide) groups is 1. The fourth-order valence-electron chi connectivity index (χ4n) is 0.976. The molecule has 0 nitrogen and oxygen atoms in total. The number of hydrogen-bond acceptors (Lipinski definition) is 1. The molecule has 0 radical (unpaired) electrons. The number of alkyl halides is 2. The van der Waals surface area contributed by atoms with E-state index in [4.69, 9.17) is 0 Å². The summed E-state index contributed by atoms with van der Waals surface area (Å²) in [5, 5.41) is -2.85. The lowest BCUT2D eigenvalue weighted by atomic mass is 10.4. The van der Waals surface area contributed by atoms with Crippen LogP contribution in [0.2, 0.25) is 0 Å². The van der Waals surface area contributed by atoms with Crippen molar-refractivity contribution in [3.05, 3.63) is 35.9 Å². The predicted molar refractivity (Wildman–Crippen MR) is 85.2 cm³/mol. The van der Waals surface area contributed by atoms with Crippen molar-refractivity contribution in [2.75, 3.05) is 0 Å². The first-order chi connectivity index (χ1) is 7.35. The van der Waals surface area contributed by atoms with Gasteiger partial charge in [0.25, 0.3) is 0 Å². The average molecular weight is 531 g/mol. The van der Waals surface area contributed by atoms with Crippen molar-refractivity contribution >= 4 is 72.9 Å². The van der Waals surface area contributed by atoms with Crippen molar-refractivity contribution in [3.63, 3.8) is 0 Å². The van der Waals surface area contributed by atoms with Gasteiger partial charge >= 0.3 is 5.25 Å². The molecule has 0 saturated heterocycles. The summed E-state index contributed by atoms with van der Waals surface area (Å²) in [5.41, 5.74) is 0. The van der Waals surface area contributed by atoms with Crippen LogP contribution in [0.15, 0.2) is 33.7 Å². The summed E-state index contributed by atoms with van der Waals surface area (Å²) in [6.07, 6.45) is 2.27. The van der Waals surface area contributed by atoms with Crippen LogP contribution in [0.3, 0.4) is 0 Å². The summed E-state index contributed by atoms with van der Waals surface area (Å²) in [7, 11) is 0. The summed E-state index contributed by atoms with van der Waals surface area (Å²) >= 11 is 8.20. The molecular weight excluding hydrogens is 524 g/mol. The second-order valence-corrected chi connectivity index (χ2v) is 7.20. The summed E-state index contributed by atoms with van der Waals surface area (Å²) in [6, 6.07) is 3.49. The maximum Gasteiger partial charge on any atom is 0.316 e. The van der Waals surface area contributed by atoms with E-state index in [1.165, 1.54) is 6.08 Å². The predicted octanol–water partition coefficient (Wildman–Crippen LogP) is 5.92. The van der Waals surface area contributed by atoms with Crippen LogP contribution in [0.25, 0.3) is 0 Å². The molecule has 0 unspecified atom stereocenters. The zero-order valence-electron chi connectivity index (χ0n) is 8.11. The van der Waals surface area contributed by atoms with E-state index in [9.17, 15) is 8.78 Å². The molecule has 0 bridgehead atoms. The molecule has 0 aliphatic carbocycles. The minimum atomic E-state index is -2.85. The van der Waals surface area contributed by atoms with E-state index in [1.807, 2.05) is 0 Å². The van der Waals surface area contributed by atoms with Crippen LogP contribution in [0.5, 0.6) is 0 Å². The molecule has 1 aromatic rings. The van der Waals surface area contributed by atoms with Crippen LogP contribution in [-0.4, -0.2) is 5.25 Å². The van der Waals surface area contributed by atoms with Crippen LogP contribution < -0.4 is 0 Å².